The van der Waals surface area contributed by atoms with Crippen molar-refractivity contribution in [3.8, 4) is 0 Å². The number of carboxylic acid groups (broad SMARTS) is 1. The normalized spacial score (nSPS) is 42.1. The van der Waals surface area contributed by atoms with E-state index in [9.17, 15) is 29.7 Å². The maximum atomic E-state index is 14.6. The van der Waals surface area contributed by atoms with Crippen LogP contribution in [0.3, 0.4) is 0 Å². The van der Waals surface area contributed by atoms with E-state index in [1.54, 1.807) is 6.92 Å². The lowest BCUT2D eigenvalue weighted by molar-refractivity contribution is -0.398. The van der Waals surface area contributed by atoms with Gasteiger partial charge in [0.15, 0.2) is 11.6 Å². The van der Waals surface area contributed by atoms with Crippen LogP contribution >= 0.6 is 0 Å². The smallest absolute Gasteiger partial charge is 0.407 e. The topological polar surface area (TPSA) is 179 Å². The van der Waals surface area contributed by atoms with Crippen molar-refractivity contribution in [2.45, 2.75) is 213 Å². The molecule has 60 heavy (non-hydrogen) atoms. The highest BCUT2D eigenvalue weighted by atomic mass is 16.8. The Hall–Kier alpha value is -2.13. The first-order valence-corrected chi connectivity index (χ1v) is 23.3. The average molecular weight is 850 g/mol. The monoisotopic (exact) mass is 850 g/mol. The molecule has 4 saturated heterocycles. The van der Waals surface area contributed by atoms with Crippen LogP contribution in [0.25, 0.3) is 0 Å². The molecule has 5 aliphatic rings. The molecular weight excluding hydrogens is 771 g/mol. The second kappa shape index (κ2) is 19.3. The predicted octanol–water partition coefficient (Wildman–Crippen LogP) is 7.58. The summed E-state index contributed by atoms with van der Waals surface area (Å²) in [5.74, 6) is -5.91. The van der Waals surface area contributed by atoms with E-state index in [0.717, 1.165) is 6.42 Å². The Bertz CT molecular complexity index is 1520. The molecule has 2 spiro atoms. The Balaban J connectivity index is 1.39. The molecule has 18 atom stereocenters. The van der Waals surface area contributed by atoms with Crippen molar-refractivity contribution in [1.82, 2.24) is 5.32 Å². The van der Waals surface area contributed by atoms with Gasteiger partial charge in [-0.3, -0.25) is 9.59 Å². The second-order valence-electron chi connectivity index (χ2n) is 20.1. The highest BCUT2D eigenvalue weighted by Crippen LogP contribution is 2.54. The van der Waals surface area contributed by atoms with Crippen molar-refractivity contribution in [3.05, 3.63) is 12.2 Å². The predicted molar refractivity (Wildman–Crippen MR) is 226 cm³/mol. The summed E-state index contributed by atoms with van der Waals surface area (Å²) in [5.41, 5.74) is -1.72. The van der Waals surface area contributed by atoms with Gasteiger partial charge in [0.1, 0.15) is 11.8 Å². The van der Waals surface area contributed by atoms with Gasteiger partial charge in [-0.1, -0.05) is 75.3 Å². The van der Waals surface area contributed by atoms with Crippen LogP contribution in [0.2, 0.25) is 0 Å². The summed E-state index contributed by atoms with van der Waals surface area (Å²) < 4.78 is 39.9. The number of ether oxygens (including phenoxy) is 6. The van der Waals surface area contributed by atoms with Crippen molar-refractivity contribution in [2.24, 2.45) is 47.3 Å². The van der Waals surface area contributed by atoms with Gasteiger partial charge in [0.25, 0.3) is 0 Å². The van der Waals surface area contributed by atoms with Gasteiger partial charge < -0.3 is 49.1 Å². The van der Waals surface area contributed by atoms with Crippen LogP contribution in [0.4, 0.5) is 4.79 Å². The van der Waals surface area contributed by atoms with E-state index in [1.165, 1.54) is 0 Å². The largest absolute Gasteiger partial charge is 0.481 e. The zero-order chi connectivity index (χ0) is 44.5. The summed E-state index contributed by atoms with van der Waals surface area (Å²) in [6.07, 6.45) is 5.83. The molecule has 0 aliphatic carbocycles. The van der Waals surface area contributed by atoms with Crippen molar-refractivity contribution in [1.29, 1.82) is 0 Å². The number of hydrogen-bond acceptors (Lipinski definition) is 11. The van der Waals surface area contributed by atoms with Crippen molar-refractivity contribution in [2.75, 3.05) is 6.61 Å². The molecule has 5 heterocycles. The second-order valence-corrected chi connectivity index (χ2v) is 20.1. The standard InChI is InChI=1S/C47H79NO12/c1-13-33(42(51)52)35-17-16-27(6)40(57-35)31(10)38(49)30(9)39(50)34(14-2)41-28(7)24-29(8)46(58-41)21-18-36(48-43(53)55-25-26(4)5)47(60-46)23-22-44(12,59-47)37-19-20-45(54,15-3)32(11)56-37/h18,21,26-38,40-41,49,54H,13-17,19-20,22-25H2,1-12H3,(H,48,53)(H,51,52)/t27-,28-,29+,30-,31-,32-,33+,34?,35+,36+,37+,38+,40+,41-,44-,45+,46-,47-/m0/s1. The lowest BCUT2D eigenvalue weighted by Gasteiger charge is -2.55. The first-order valence-electron chi connectivity index (χ1n) is 23.3. The third-order valence-electron chi connectivity index (χ3n) is 15.3. The average Bonchev–Trinajstić information content (AvgIpc) is 3.54. The minimum Gasteiger partial charge on any atom is -0.481 e. The number of hydrogen-bond donors (Lipinski definition) is 4. The van der Waals surface area contributed by atoms with Gasteiger partial charge in [-0.05, 0) is 95.5 Å². The Kier molecular flexibility index (Phi) is 15.7. The molecule has 5 aliphatic heterocycles. The fraction of sp³-hybridized carbons (Fsp3) is 0.894. The molecular formula is C47H79NO12. The number of nitrogens with one attached hydrogen (secondary N) is 1. The van der Waals surface area contributed by atoms with Crippen molar-refractivity contribution in [3.63, 3.8) is 0 Å². The van der Waals surface area contributed by atoms with Gasteiger partial charge in [0, 0.05) is 30.1 Å². The number of Topliss-reactive ketones (excluding diaryl/α,β-unsaturated/α-hetero) is 1. The summed E-state index contributed by atoms with van der Waals surface area (Å²) in [7, 11) is 0. The van der Waals surface area contributed by atoms with Crippen LogP contribution in [0.1, 0.15) is 147 Å². The van der Waals surface area contributed by atoms with E-state index in [-0.39, 0.29) is 42.2 Å². The van der Waals surface area contributed by atoms with E-state index < -0.39 is 95.1 Å². The number of carbonyl (C=O) groups excluding carboxylic acids is 2. The fourth-order valence-corrected chi connectivity index (χ4v) is 11.1. The lowest BCUT2D eigenvalue weighted by Crippen LogP contribution is -2.65. The third kappa shape index (κ3) is 9.82. The fourth-order valence-electron chi connectivity index (χ4n) is 11.1. The number of amides is 1. The van der Waals surface area contributed by atoms with Gasteiger partial charge >= 0.3 is 12.1 Å². The Morgan fingerprint density at radius 3 is 2.17 bits per heavy atom. The molecule has 4 N–H and O–H groups in total. The van der Waals surface area contributed by atoms with Crippen LogP contribution in [-0.2, 0) is 38.0 Å². The molecule has 0 saturated carbocycles. The molecule has 0 aromatic carbocycles. The number of rotatable bonds is 15. The van der Waals surface area contributed by atoms with Gasteiger partial charge in [0.2, 0.25) is 0 Å². The molecule has 0 radical (unpaired) electrons. The number of ketones is 1. The molecule has 0 aromatic heterocycles. The number of aliphatic hydroxyl groups is 2. The molecule has 0 bridgehead atoms. The summed E-state index contributed by atoms with van der Waals surface area (Å²) in [6, 6.07) is -0.723. The Labute approximate surface area is 359 Å². The first kappa shape index (κ1) is 48.9. The number of aliphatic carboxylic acids is 1. The van der Waals surface area contributed by atoms with Gasteiger partial charge in [-0.15, -0.1) is 0 Å². The SMILES string of the molecule is CCC(C(=O)[C@@H](C)[C@@H](O)[C@H](C)[C@@H]1O[C@@H]([C@@H](CC)C(=O)O)CC[C@@H]1C)[C@H]1O[C@]2(C=C[C@@H](NC(=O)OCC(C)C)[C@]3(CC[C@@](C)([C@H]4CC[C@](O)(CC)[C@H](C)O4)O3)O2)[C@H](C)C[C@@H]1C. The van der Waals surface area contributed by atoms with Crippen LogP contribution in [0.5, 0.6) is 0 Å². The zero-order valence-corrected chi connectivity index (χ0v) is 38.6. The van der Waals surface area contributed by atoms with E-state index in [2.05, 4.69) is 26.1 Å². The molecule has 344 valence electrons. The van der Waals surface area contributed by atoms with Crippen LogP contribution in [0, 0.1) is 47.3 Å². The van der Waals surface area contributed by atoms with E-state index in [4.69, 9.17) is 28.4 Å². The summed E-state index contributed by atoms with van der Waals surface area (Å²) in [4.78, 5) is 39.9. The Morgan fingerprint density at radius 2 is 1.57 bits per heavy atom. The quantitative estimate of drug-likeness (QED) is 0.119. The molecule has 4 fully saturated rings. The highest BCUT2D eigenvalue weighted by molar-refractivity contribution is 5.84. The van der Waals surface area contributed by atoms with E-state index in [1.807, 2.05) is 67.5 Å². The first-order chi connectivity index (χ1) is 28.1. The summed E-state index contributed by atoms with van der Waals surface area (Å²) >= 11 is 0. The zero-order valence-electron chi connectivity index (χ0n) is 38.6. The molecule has 13 nitrogen and oxygen atoms in total. The van der Waals surface area contributed by atoms with Crippen LogP contribution in [0.15, 0.2) is 12.2 Å². The van der Waals surface area contributed by atoms with Crippen LogP contribution < -0.4 is 5.32 Å². The van der Waals surface area contributed by atoms with E-state index in [0.29, 0.717) is 57.8 Å². The van der Waals surface area contributed by atoms with E-state index >= 15 is 0 Å². The minimum atomic E-state index is -1.36. The van der Waals surface area contributed by atoms with Gasteiger partial charge in [-0.25, -0.2) is 4.79 Å². The summed E-state index contributed by atoms with van der Waals surface area (Å²) in [6.45, 7) is 23.8. The molecule has 13 heteroatoms. The maximum Gasteiger partial charge on any atom is 0.407 e. The molecule has 1 unspecified atom stereocenters. The Morgan fingerprint density at radius 1 is 0.883 bits per heavy atom. The highest BCUT2D eigenvalue weighted by Gasteiger charge is 2.63. The van der Waals surface area contributed by atoms with Gasteiger partial charge in [0.05, 0.1) is 60.4 Å². The molecule has 1 amide bonds. The lowest BCUT2D eigenvalue weighted by atomic mass is 9.72. The van der Waals surface area contributed by atoms with Gasteiger partial charge in [-0.2, -0.15) is 0 Å². The number of carbonyl (C=O) groups is 3. The van der Waals surface area contributed by atoms with Crippen molar-refractivity contribution >= 4 is 17.8 Å². The molecule has 0 aromatic rings. The van der Waals surface area contributed by atoms with Crippen LogP contribution in [-0.4, -0.2) is 105 Å². The minimum absolute atomic E-state index is 0.0234. The number of alkyl carbamates (subject to hydrolysis) is 1. The maximum absolute atomic E-state index is 14.6. The summed E-state index contributed by atoms with van der Waals surface area (Å²) in [5, 5.41) is 35.9. The number of aliphatic hydroxyl groups excluding tert-OH is 1. The third-order valence-corrected chi connectivity index (χ3v) is 15.3. The van der Waals surface area contributed by atoms with Crippen molar-refractivity contribution < 1.29 is 58.1 Å². The number of carboxylic acids is 1. The molecule has 5 rings (SSSR count).